The molecule has 1 aromatic heterocycles. The summed E-state index contributed by atoms with van der Waals surface area (Å²) in [6.07, 6.45) is 14.8. The molecule has 2 heterocycles. The molecular formula is C21H32N4O2. The summed E-state index contributed by atoms with van der Waals surface area (Å²) < 4.78 is 1.75. The predicted molar refractivity (Wildman–Crippen MR) is 103 cm³/mol. The summed E-state index contributed by atoms with van der Waals surface area (Å²) >= 11 is 0. The Labute approximate surface area is 161 Å². The van der Waals surface area contributed by atoms with Gasteiger partial charge in [0.05, 0.1) is 0 Å². The van der Waals surface area contributed by atoms with Crippen molar-refractivity contribution in [1.29, 1.82) is 0 Å². The average molecular weight is 373 g/mol. The first kappa shape index (κ1) is 18.5. The number of nitrogens with one attached hydrogen (secondary N) is 1. The lowest BCUT2D eigenvalue weighted by molar-refractivity contribution is -0.142. The van der Waals surface area contributed by atoms with Crippen LogP contribution >= 0.6 is 0 Å². The first-order chi connectivity index (χ1) is 13.1. The van der Waals surface area contributed by atoms with Crippen molar-refractivity contribution in [3.63, 3.8) is 0 Å². The van der Waals surface area contributed by atoms with Gasteiger partial charge in [-0.2, -0.15) is 0 Å². The first-order valence-corrected chi connectivity index (χ1v) is 10.6. The van der Waals surface area contributed by atoms with Crippen molar-refractivity contribution in [2.75, 3.05) is 13.1 Å². The molecule has 3 fully saturated rings. The summed E-state index contributed by atoms with van der Waals surface area (Å²) in [5.41, 5.74) is 0.0450. The lowest BCUT2D eigenvalue weighted by Gasteiger charge is -2.47. The Hall–Kier alpha value is -1.85. The van der Waals surface area contributed by atoms with Gasteiger partial charge in [0.25, 0.3) is 5.91 Å². The van der Waals surface area contributed by atoms with Gasteiger partial charge >= 0.3 is 0 Å². The zero-order valence-electron chi connectivity index (χ0n) is 16.5. The van der Waals surface area contributed by atoms with Crippen molar-refractivity contribution in [2.45, 2.75) is 70.3 Å². The van der Waals surface area contributed by atoms with Gasteiger partial charge in [-0.3, -0.25) is 9.59 Å². The SMILES string of the molecule is Cn1ccnc1C(=O)NC[C@@]12CCC[C@H]1N(CC1CCCCC1)C(=O)CC2. The lowest BCUT2D eigenvalue weighted by Crippen LogP contribution is -2.57. The summed E-state index contributed by atoms with van der Waals surface area (Å²) in [5, 5.41) is 3.14. The minimum Gasteiger partial charge on any atom is -0.349 e. The smallest absolute Gasteiger partial charge is 0.287 e. The number of nitrogens with zero attached hydrogens (tertiary/aromatic N) is 3. The van der Waals surface area contributed by atoms with Crippen LogP contribution in [0.3, 0.4) is 0 Å². The predicted octanol–water partition coefficient (Wildman–Crippen LogP) is 2.89. The van der Waals surface area contributed by atoms with Gasteiger partial charge in [0.1, 0.15) is 0 Å². The molecule has 2 saturated carbocycles. The van der Waals surface area contributed by atoms with Crippen molar-refractivity contribution in [3.8, 4) is 0 Å². The molecule has 0 aromatic carbocycles. The van der Waals surface area contributed by atoms with E-state index in [1.165, 1.54) is 32.1 Å². The molecule has 6 heteroatoms. The Morgan fingerprint density at radius 3 is 2.78 bits per heavy atom. The number of aromatic nitrogens is 2. The zero-order chi connectivity index (χ0) is 18.9. The van der Waals surface area contributed by atoms with Gasteiger partial charge in [-0.05, 0) is 38.0 Å². The summed E-state index contributed by atoms with van der Waals surface area (Å²) in [4.78, 5) is 31.7. The maximum atomic E-state index is 12.7. The highest BCUT2D eigenvalue weighted by Crippen LogP contribution is 2.48. The molecule has 6 nitrogen and oxygen atoms in total. The second kappa shape index (κ2) is 7.64. The molecule has 0 unspecified atom stereocenters. The van der Waals surface area contributed by atoms with Gasteiger partial charge in [-0.25, -0.2) is 4.98 Å². The van der Waals surface area contributed by atoms with Crippen LogP contribution in [-0.4, -0.2) is 45.4 Å². The fourth-order valence-electron chi connectivity index (χ4n) is 5.66. The third-order valence-corrected chi connectivity index (χ3v) is 7.20. The molecule has 0 bridgehead atoms. The molecule has 4 rings (SSSR count). The number of rotatable bonds is 5. The number of amides is 2. The normalized spacial score (nSPS) is 29.0. The summed E-state index contributed by atoms with van der Waals surface area (Å²) in [6.45, 7) is 1.58. The third-order valence-electron chi connectivity index (χ3n) is 7.20. The van der Waals surface area contributed by atoms with Crippen LogP contribution in [0.4, 0.5) is 0 Å². The van der Waals surface area contributed by atoms with Crippen molar-refractivity contribution in [1.82, 2.24) is 19.8 Å². The van der Waals surface area contributed by atoms with Crippen LogP contribution in [0, 0.1) is 11.3 Å². The number of aryl methyl sites for hydroxylation is 1. The Bertz CT molecular complexity index is 694. The number of carbonyl (C=O) groups excluding carboxylic acids is 2. The minimum absolute atomic E-state index is 0.0450. The number of fused-ring (bicyclic) bond motifs is 1. The second-order valence-corrected chi connectivity index (χ2v) is 8.86. The Morgan fingerprint density at radius 2 is 2.04 bits per heavy atom. The van der Waals surface area contributed by atoms with Gasteiger partial charge in [0.15, 0.2) is 5.82 Å². The minimum atomic E-state index is -0.113. The van der Waals surface area contributed by atoms with Crippen LogP contribution in [-0.2, 0) is 11.8 Å². The molecule has 2 amide bonds. The van der Waals surface area contributed by atoms with Crippen molar-refractivity contribution >= 4 is 11.8 Å². The molecular weight excluding hydrogens is 340 g/mol. The van der Waals surface area contributed by atoms with E-state index in [0.717, 1.165) is 32.2 Å². The van der Waals surface area contributed by atoms with Crippen molar-refractivity contribution < 1.29 is 9.59 Å². The molecule has 148 valence electrons. The van der Waals surface area contributed by atoms with E-state index in [0.29, 0.717) is 36.7 Å². The van der Waals surface area contributed by atoms with Gasteiger partial charge in [-0.15, -0.1) is 0 Å². The van der Waals surface area contributed by atoms with Gasteiger partial charge in [0.2, 0.25) is 5.91 Å². The molecule has 1 aromatic rings. The number of hydrogen-bond acceptors (Lipinski definition) is 3. The Balaban J connectivity index is 1.45. The van der Waals surface area contributed by atoms with E-state index >= 15 is 0 Å². The number of piperidine rings is 1. The molecule has 1 saturated heterocycles. The lowest BCUT2D eigenvalue weighted by atomic mass is 9.74. The highest BCUT2D eigenvalue weighted by Gasteiger charge is 2.50. The standard InChI is InChI=1S/C21H32N4O2/c1-24-13-12-22-19(24)20(27)23-15-21-10-5-8-17(21)25(18(26)9-11-21)14-16-6-3-2-4-7-16/h12-13,16-17H,2-11,14-15H2,1H3,(H,23,27)/t17-,21+/m1/s1. The molecule has 2 aliphatic carbocycles. The van der Waals surface area contributed by atoms with E-state index < -0.39 is 0 Å². The van der Waals surface area contributed by atoms with Gasteiger partial charge in [-0.1, -0.05) is 25.7 Å². The fraction of sp³-hybridized carbons (Fsp3) is 0.762. The zero-order valence-corrected chi connectivity index (χ0v) is 16.5. The van der Waals surface area contributed by atoms with E-state index in [1.54, 1.807) is 17.0 Å². The monoisotopic (exact) mass is 372 g/mol. The Kier molecular flexibility index (Phi) is 5.24. The topological polar surface area (TPSA) is 67.2 Å². The molecule has 2 atom stereocenters. The largest absolute Gasteiger partial charge is 0.349 e. The molecule has 3 aliphatic rings. The van der Waals surface area contributed by atoms with Gasteiger partial charge < -0.3 is 14.8 Å². The average Bonchev–Trinajstić information content (AvgIpc) is 3.30. The number of imidazole rings is 1. The number of likely N-dealkylation sites (tertiary alicyclic amines) is 1. The summed E-state index contributed by atoms with van der Waals surface area (Å²) in [6, 6.07) is 0.294. The van der Waals surface area contributed by atoms with E-state index in [2.05, 4.69) is 15.2 Å². The molecule has 0 radical (unpaired) electrons. The maximum absolute atomic E-state index is 12.7. The number of carbonyl (C=O) groups is 2. The van der Waals surface area contributed by atoms with Crippen molar-refractivity contribution in [3.05, 3.63) is 18.2 Å². The third kappa shape index (κ3) is 3.63. The van der Waals surface area contributed by atoms with Crippen LogP contribution in [0.1, 0.15) is 74.8 Å². The second-order valence-electron chi connectivity index (χ2n) is 8.86. The highest BCUT2D eigenvalue weighted by atomic mass is 16.2. The molecule has 27 heavy (non-hydrogen) atoms. The van der Waals surface area contributed by atoms with E-state index in [4.69, 9.17) is 0 Å². The van der Waals surface area contributed by atoms with Crippen LogP contribution in [0.5, 0.6) is 0 Å². The fourth-order valence-corrected chi connectivity index (χ4v) is 5.66. The molecule has 1 N–H and O–H groups in total. The van der Waals surface area contributed by atoms with Crippen LogP contribution in [0.25, 0.3) is 0 Å². The Morgan fingerprint density at radius 1 is 1.22 bits per heavy atom. The van der Waals surface area contributed by atoms with Crippen LogP contribution in [0.2, 0.25) is 0 Å². The van der Waals surface area contributed by atoms with Gasteiger partial charge in [0, 0.05) is 50.4 Å². The van der Waals surface area contributed by atoms with E-state index in [-0.39, 0.29) is 11.3 Å². The van der Waals surface area contributed by atoms with E-state index in [1.807, 2.05) is 7.05 Å². The summed E-state index contributed by atoms with van der Waals surface area (Å²) in [7, 11) is 1.84. The molecule has 1 aliphatic heterocycles. The highest BCUT2D eigenvalue weighted by molar-refractivity contribution is 5.90. The van der Waals surface area contributed by atoms with Crippen LogP contribution in [0.15, 0.2) is 12.4 Å². The first-order valence-electron chi connectivity index (χ1n) is 10.6. The van der Waals surface area contributed by atoms with E-state index in [9.17, 15) is 9.59 Å². The summed E-state index contributed by atoms with van der Waals surface area (Å²) in [5.74, 6) is 1.34. The maximum Gasteiger partial charge on any atom is 0.287 e. The molecule has 0 spiro atoms. The van der Waals surface area contributed by atoms with Crippen molar-refractivity contribution in [2.24, 2.45) is 18.4 Å². The quantitative estimate of drug-likeness (QED) is 0.864. The number of hydrogen-bond donors (Lipinski definition) is 1. The van der Waals surface area contributed by atoms with Crippen LogP contribution < -0.4 is 5.32 Å².